The average Bonchev–Trinajstić information content (AvgIpc) is 2.95. The van der Waals surface area contributed by atoms with Crippen molar-refractivity contribution in [2.45, 2.75) is 0 Å². The van der Waals surface area contributed by atoms with Gasteiger partial charge in [-0.1, -0.05) is 23.7 Å². The van der Waals surface area contributed by atoms with Crippen molar-refractivity contribution in [3.63, 3.8) is 0 Å². The van der Waals surface area contributed by atoms with Gasteiger partial charge in [0.05, 0.1) is 17.3 Å². The van der Waals surface area contributed by atoms with Gasteiger partial charge in [-0.05, 0) is 12.1 Å². The number of rotatable bonds is 3. The molecule has 6 nitrogen and oxygen atoms in total. The van der Waals surface area contributed by atoms with Crippen LogP contribution in [0.1, 0.15) is 0 Å². The normalized spacial score (nSPS) is 19.4. The Kier molecular flexibility index (Phi) is 4.49. The molecule has 0 aliphatic carbocycles. The third-order valence-corrected chi connectivity index (χ3v) is 4.40. The summed E-state index contributed by atoms with van der Waals surface area (Å²) >= 11 is 6.22. The molecule has 1 aromatic carbocycles. The van der Waals surface area contributed by atoms with Crippen molar-refractivity contribution in [1.29, 1.82) is 0 Å². The van der Waals surface area contributed by atoms with Crippen LogP contribution in [0.3, 0.4) is 0 Å². The van der Waals surface area contributed by atoms with Gasteiger partial charge in [0.2, 0.25) is 5.91 Å². The molecule has 22 heavy (non-hydrogen) atoms. The number of carbonyl (C=O) groups is 2. The number of piperazine rings is 1. The molecule has 2 fully saturated rings. The molecule has 118 valence electrons. The second-order valence-electron chi connectivity index (χ2n) is 5.49. The summed E-state index contributed by atoms with van der Waals surface area (Å²) in [5.74, 6) is -0.124. The fraction of sp³-hybridized carbons (Fsp3) is 0.467. The summed E-state index contributed by atoms with van der Waals surface area (Å²) in [5, 5.41) is 3.40. The van der Waals surface area contributed by atoms with Gasteiger partial charge in [0.15, 0.2) is 0 Å². The van der Waals surface area contributed by atoms with Crippen LogP contribution in [0, 0.1) is 0 Å². The summed E-state index contributed by atoms with van der Waals surface area (Å²) in [5.41, 5.74) is 1.04. The van der Waals surface area contributed by atoms with E-state index in [1.807, 2.05) is 24.3 Å². The quantitative estimate of drug-likeness (QED) is 0.902. The summed E-state index contributed by atoms with van der Waals surface area (Å²) in [6.45, 7) is 4.52. The van der Waals surface area contributed by atoms with E-state index in [-0.39, 0.29) is 11.9 Å². The molecular formula is C15H19ClN4O2. The van der Waals surface area contributed by atoms with Gasteiger partial charge < -0.3 is 10.2 Å². The second-order valence-corrected chi connectivity index (χ2v) is 5.90. The van der Waals surface area contributed by atoms with Crippen LogP contribution < -0.4 is 10.2 Å². The number of anilines is 1. The molecule has 0 radical (unpaired) electrons. The molecule has 2 saturated heterocycles. The molecule has 0 unspecified atom stereocenters. The summed E-state index contributed by atoms with van der Waals surface area (Å²) < 4.78 is 0. The first-order valence-electron chi connectivity index (χ1n) is 7.45. The van der Waals surface area contributed by atoms with Crippen LogP contribution in [0.15, 0.2) is 24.3 Å². The van der Waals surface area contributed by atoms with Crippen LogP contribution in [-0.2, 0) is 4.79 Å². The number of halogens is 1. The predicted octanol–water partition coefficient (Wildman–Crippen LogP) is 1.01. The van der Waals surface area contributed by atoms with Gasteiger partial charge in [-0.3, -0.25) is 14.6 Å². The van der Waals surface area contributed by atoms with Gasteiger partial charge in [-0.25, -0.2) is 4.79 Å². The maximum atomic E-state index is 12.1. The smallest absolute Gasteiger partial charge is 0.324 e. The van der Waals surface area contributed by atoms with Crippen molar-refractivity contribution in [3.05, 3.63) is 29.3 Å². The standard InChI is InChI=1S/C15H19ClN4O2/c16-12-3-1-2-4-13(12)19-9-7-18(8-10-19)11-14(21)20-6-5-17-15(20)22/h1-4H,5-11H2,(H,17,22). The van der Waals surface area contributed by atoms with E-state index in [1.54, 1.807) is 0 Å². The Morgan fingerprint density at radius 3 is 2.50 bits per heavy atom. The Labute approximate surface area is 134 Å². The second kappa shape index (κ2) is 6.54. The first-order valence-corrected chi connectivity index (χ1v) is 7.83. The highest BCUT2D eigenvalue weighted by atomic mass is 35.5. The number of imide groups is 1. The van der Waals surface area contributed by atoms with Gasteiger partial charge in [-0.15, -0.1) is 0 Å². The van der Waals surface area contributed by atoms with Gasteiger partial charge in [-0.2, -0.15) is 0 Å². The zero-order chi connectivity index (χ0) is 15.5. The summed E-state index contributed by atoms with van der Waals surface area (Å²) in [4.78, 5) is 29.2. The average molecular weight is 323 g/mol. The van der Waals surface area contributed by atoms with Crippen LogP contribution in [0.5, 0.6) is 0 Å². The van der Waals surface area contributed by atoms with Gasteiger partial charge in [0.1, 0.15) is 0 Å². The highest BCUT2D eigenvalue weighted by Gasteiger charge is 2.28. The van der Waals surface area contributed by atoms with Crippen molar-refractivity contribution in [1.82, 2.24) is 15.1 Å². The maximum Gasteiger partial charge on any atom is 0.324 e. The van der Waals surface area contributed by atoms with E-state index in [2.05, 4.69) is 15.1 Å². The Bertz CT molecular complexity index is 572. The van der Waals surface area contributed by atoms with Crippen LogP contribution in [0.2, 0.25) is 5.02 Å². The third-order valence-electron chi connectivity index (χ3n) is 4.08. The number of amides is 3. The molecular weight excluding hydrogens is 304 g/mol. The lowest BCUT2D eigenvalue weighted by molar-refractivity contribution is -0.128. The maximum absolute atomic E-state index is 12.1. The Balaban J connectivity index is 1.53. The van der Waals surface area contributed by atoms with Gasteiger partial charge in [0, 0.05) is 39.3 Å². The van der Waals surface area contributed by atoms with Crippen molar-refractivity contribution >= 4 is 29.2 Å². The number of nitrogens with one attached hydrogen (secondary N) is 1. The first-order chi connectivity index (χ1) is 10.6. The predicted molar refractivity (Wildman–Crippen MR) is 85.2 cm³/mol. The van der Waals surface area contributed by atoms with E-state index >= 15 is 0 Å². The Hall–Kier alpha value is -1.79. The lowest BCUT2D eigenvalue weighted by atomic mass is 10.2. The molecule has 2 aliphatic heterocycles. The molecule has 1 N–H and O–H groups in total. The molecule has 7 heteroatoms. The summed E-state index contributed by atoms with van der Waals surface area (Å²) in [6.07, 6.45) is 0. The van der Waals surface area contributed by atoms with E-state index in [0.29, 0.717) is 19.6 Å². The van der Waals surface area contributed by atoms with Crippen molar-refractivity contribution in [2.75, 3.05) is 50.7 Å². The molecule has 3 rings (SSSR count). The number of para-hydroxylation sites is 1. The number of benzene rings is 1. The molecule has 2 aliphatic rings. The zero-order valence-corrected chi connectivity index (χ0v) is 13.1. The topological polar surface area (TPSA) is 55.9 Å². The molecule has 0 saturated carbocycles. The molecule has 2 heterocycles. The van der Waals surface area contributed by atoms with Crippen molar-refractivity contribution in [3.8, 4) is 0 Å². The largest absolute Gasteiger partial charge is 0.368 e. The number of hydrogen-bond acceptors (Lipinski definition) is 4. The van der Waals surface area contributed by atoms with Crippen LogP contribution >= 0.6 is 11.6 Å². The Morgan fingerprint density at radius 2 is 1.86 bits per heavy atom. The molecule has 1 aromatic rings. The SMILES string of the molecule is O=C(CN1CCN(c2ccccc2Cl)CC1)N1CCNC1=O. The van der Waals surface area contributed by atoms with Gasteiger partial charge >= 0.3 is 6.03 Å². The van der Waals surface area contributed by atoms with Crippen molar-refractivity contribution in [2.24, 2.45) is 0 Å². The lowest BCUT2D eigenvalue weighted by Gasteiger charge is -2.36. The van der Waals surface area contributed by atoms with E-state index in [9.17, 15) is 9.59 Å². The molecule has 0 spiro atoms. The van der Waals surface area contributed by atoms with E-state index in [0.717, 1.165) is 36.9 Å². The lowest BCUT2D eigenvalue weighted by Crippen LogP contribution is -2.50. The minimum absolute atomic E-state index is 0.124. The summed E-state index contributed by atoms with van der Waals surface area (Å²) in [6, 6.07) is 7.52. The number of nitrogens with zero attached hydrogens (tertiary/aromatic N) is 3. The first kappa shape index (κ1) is 15.1. The number of hydrogen-bond donors (Lipinski definition) is 1. The van der Waals surface area contributed by atoms with Crippen LogP contribution in [0.4, 0.5) is 10.5 Å². The highest BCUT2D eigenvalue weighted by molar-refractivity contribution is 6.33. The van der Waals surface area contributed by atoms with E-state index < -0.39 is 0 Å². The zero-order valence-electron chi connectivity index (χ0n) is 12.3. The van der Waals surface area contributed by atoms with E-state index in [4.69, 9.17) is 11.6 Å². The number of carbonyl (C=O) groups excluding carboxylic acids is 2. The molecule has 3 amide bonds. The van der Waals surface area contributed by atoms with Crippen LogP contribution in [-0.4, -0.2) is 67.6 Å². The minimum atomic E-state index is -0.278. The fourth-order valence-corrected chi connectivity index (χ4v) is 3.10. The number of urea groups is 1. The third kappa shape index (κ3) is 3.18. The Morgan fingerprint density at radius 1 is 1.14 bits per heavy atom. The fourth-order valence-electron chi connectivity index (χ4n) is 2.84. The monoisotopic (exact) mass is 322 g/mol. The van der Waals surface area contributed by atoms with E-state index in [1.165, 1.54) is 4.90 Å². The minimum Gasteiger partial charge on any atom is -0.368 e. The molecule has 0 atom stereocenters. The summed E-state index contributed by atoms with van der Waals surface area (Å²) in [7, 11) is 0. The van der Waals surface area contributed by atoms with Crippen molar-refractivity contribution < 1.29 is 9.59 Å². The van der Waals surface area contributed by atoms with Gasteiger partial charge in [0.25, 0.3) is 0 Å². The molecule has 0 bridgehead atoms. The van der Waals surface area contributed by atoms with Crippen LogP contribution in [0.25, 0.3) is 0 Å². The highest BCUT2D eigenvalue weighted by Crippen LogP contribution is 2.25. The molecule has 0 aromatic heterocycles.